The Morgan fingerprint density at radius 2 is 1.67 bits per heavy atom. The summed E-state index contributed by atoms with van der Waals surface area (Å²) < 4.78 is 46.6. The number of rotatable bonds is 6. The van der Waals surface area contributed by atoms with Gasteiger partial charge in [0, 0.05) is 35.7 Å². The van der Waals surface area contributed by atoms with E-state index in [0.717, 1.165) is 5.56 Å². The summed E-state index contributed by atoms with van der Waals surface area (Å²) in [5.41, 5.74) is 0.824. The third-order valence-corrected chi connectivity index (χ3v) is 6.19. The summed E-state index contributed by atoms with van der Waals surface area (Å²) in [7, 11) is -3.81. The van der Waals surface area contributed by atoms with Gasteiger partial charge in [-0.25, -0.2) is 17.5 Å². The number of nitrogens with one attached hydrogen (secondary N) is 1. The second-order valence-corrected chi connectivity index (χ2v) is 8.81. The van der Waals surface area contributed by atoms with Crippen LogP contribution in [0.3, 0.4) is 0 Å². The number of sulfonamides is 1. The summed E-state index contributed by atoms with van der Waals surface area (Å²) in [6, 6.07) is 9.98. The topological polar surface area (TPSA) is 58.6 Å². The van der Waals surface area contributed by atoms with Crippen molar-refractivity contribution < 1.29 is 17.5 Å². The lowest BCUT2D eigenvalue weighted by Gasteiger charge is -2.34. The predicted octanol–water partition coefficient (Wildman–Crippen LogP) is 3.48. The van der Waals surface area contributed by atoms with Crippen LogP contribution in [0.25, 0.3) is 0 Å². The van der Waals surface area contributed by atoms with Crippen molar-refractivity contribution >= 4 is 33.2 Å². The number of nitrogens with zero attached hydrogens (tertiary/aromatic N) is 1. The van der Waals surface area contributed by atoms with Gasteiger partial charge in [0.15, 0.2) is 0 Å². The van der Waals surface area contributed by atoms with Crippen LogP contribution in [0.4, 0.5) is 4.39 Å². The van der Waals surface area contributed by atoms with E-state index in [1.54, 1.807) is 12.1 Å². The number of hydrogen-bond acceptors (Lipinski definition) is 4. The van der Waals surface area contributed by atoms with Gasteiger partial charge in [-0.3, -0.25) is 4.90 Å². The molecule has 9 heteroatoms. The Morgan fingerprint density at radius 1 is 1.07 bits per heavy atom. The van der Waals surface area contributed by atoms with Crippen molar-refractivity contribution in [2.45, 2.75) is 10.9 Å². The van der Waals surface area contributed by atoms with E-state index in [4.69, 9.17) is 27.9 Å². The Bertz CT molecular complexity index is 868. The van der Waals surface area contributed by atoms with Crippen molar-refractivity contribution in [1.29, 1.82) is 0 Å². The number of benzene rings is 2. The molecule has 1 aliphatic rings. The average molecular weight is 433 g/mol. The fourth-order valence-electron chi connectivity index (χ4n) is 2.99. The van der Waals surface area contributed by atoms with Crippen molar-refractivity contribution in [2.75, 3.05) is 32.8 Å². The molecule has 146 valence electrons. The minimum absolute atomic E-state index is 0.000154. The molecule has 1 atom stereocenters. The normalized spacial score (nSPS) is 17.0. The van der Waals surface area contributed by atoms with Gasteiger partial charge in [0.05, 0.1) is 18.1 Å². The summed E-state index contributed by atoms with van der Waals surface area (Å²) in [4.78, 5) is 2.12. The van der Waals surface area contributed by atoms with Crippen molar-refractivity contribution in [3.8, 4) is 0 Å². The Labute approximate surface area is 168 Å². The second-order valence-electron chi connectivity index (χ2n) is 6.17. The number of morpholine rings is 1. The van der Waals surface area contributed by atoms with E-state index in [1.165, 1.54) is 30.3 Å². The Hall–Kier alpha value is -1.22. The highest BCUT2D eigenvalue weighted by atomic mass is 35.5. The van der Waals surface area contributed by atoms with Gasteiger partial charge in [-0.2, -0.15) is 0 Å². The zero-order valence-corrected chi connectivity index (χ0v) is 16.7. The smallest absolute Gasteiger partial charge is 0.240 e. The molecule has 0 amide bonds. The van der Waals surface area contributed by atoms with Crippen LogP contribution in [0.2, 0.25) is 10.0 Å². The van der Waals surface area contributed by atoms with Crippen molar-refractivity contribution in [1.82, 2.24) is 9.62 Å². The lowest BCUT2D eigenvalue weighted by molar-refractivity contribution is 0.0172. The van der Waals surface area contributed by atoms with Crippen LogP contribution in [0.5, 0.6) is 0 Å². The highest BCUT2D eigenvalue weighted by Crippen LogP contribution is 2.25. The fourth-order valence-corrected chi connectivity index (χ4v) is 4.75. The molecule has 0 spiro atoms. The number of halogens is 3. The van der Waals surface area contributed by atoms with Gasteiger partial charge in [-0.05, 0) is 35.9 Å². The van der Waals surface area contributed by atoms with Gasteiger partial charge in [-0.15, -0.1) is 0 Å². The van der Waals surface area contributed by atoms with Crippen LogP contribution in [-0.4, -0.2) is 46.2 Å². The van der Waals surface area contributed by atoms with Crippen LogP contribution in [0.1, 0.15) is 11.6 Å². The maximum Gasteiger partial charge on any atom is 0.240 e. The van der Waals surface area contributed by atoms with Gasteiger partial charge < -0.3 is 4.74 Å². The van der Waals surface area contributed by atoms with Crippen LogP contribution >= 0.6 is 23.2 Å². The molecule has 1 fully saturated rings. The summed E-state index contributed by atoms with van der Waals surface area (Å²) in [6.45, 7) is 2.57. The molecule has 0 radical (unpaired) electrons. The quantitative estimate of drug-likeness (QED) is 0.758. The molecule has 0 aromatic heterocycles. The van der Waals surface area contributed by atoms with E-state index in [1.807, 2.05) is 0 Å². The van der Waals surface area contributed by atoms with Gasteiger partial charge in [-0.1, -0.05) is 35.3 Å². The second kappa shape index (κ2) is 8.86. The van der Waals surface area contributed by atoms with E-state index < -0.39 is 10.0 Å². The summed E-state index contributed by atoms with van der Waals surface area (Å²) in [5, 5.41) is 0.484. The summed E-state index contributed by atoms with van der Waals surface area (Å²) in [6.07, 6.45) is 0. The van der Waals surface area contributed by atoms with E-state index in [2.05, 4.69) is 9.62 Å². The Kier molecular flexibility index (Phi) is 6.73. The lowest BCUT2D eigenvalue weighted by Crippen LogP contribution is -2.43. The van der Waals surface area contributed by atoms with Gasteiger partial charge in [0.2, 0.25) is 10.0 Å². The third-order valence-electron chi connectivity index (χ3n) is 4.35. The van der Waals surface area contributed by atoms with Crippen LogP contribution in [0.15, 0.2) is 47.4 Å². The Balaban J connectivity index is 1.82. The monoisotopic (exact) mass is 432 g/mol. The molecule has 2 aromatic rings. The highest BCUT2D eigenvalue weighted by Gasteiger charge is 2.25. The summed E-state index contributed by atoms with van der Waals surface area (Å²) in [5.74, 6) is -0.339. The first-order chi connectivity index (χ1) is 12.8. The van der Waals surface area contributed by atoms with Crippen molar-refractivity contribution in [3.05, 3.63) is 63.9 Å². The van der Waals surface area contributed by atoms with E-state index in [-0.39, 0.29) is 33.3 Å². The molecule has 1 N–H and O–H groups in total. The SMILES string of the molecule is O=S(=O)(NCC(c1ccc(F)cc1)N1CCOCC1)c1cc(Cl)cc(Cl)c1. The van der Waals surface area contributed by atoms with E-state index in [0.29, 0.717) is 26.3 Å². The highest BCUT2D eigenvalue weighted by molar-refractivity contribution is 7.89. The molecular formula is C18H19Cl2FN2O3S. The molecule has 1 saturated heterocycles. The fraction of sp³-hybridized carbons (Fsp3) is 0.333. The summed E-state index contributed by atoms with van der Waals surface area (Å²) >= 11 is 11.8. The van der Waals surface area contributed by atoms with E-state index >= 15 is 0 Å². The molecule has 1 aliphatic heterocycles. The van der Waals surface area contributed by atoms with Crippen molar-refractivity contribution in [3.63, 3.8) is 0 Å². The van der Waals surface area contributed by atoms with E-state index in [9.17, 15) is 12.8 Å². The zero-order chi connectivity index (χ0) is 19.4. The first-order valence-electron chi connectivity index (χ1n) is 8.38. The van der Waals surface area contributed by atoms with Gasteiger partial charge in [0.1, 0.15) is 5.82 Å². The first kappa shape index (κ1) is 20.5. The third kappa shape index (κ3) is 5.40. The van der Waals surface area contributed by atoms with Crippen LogP contribution in [0, 0.1) is 5.82 Å². The minimum atomic E-state index is -3.81. The maximum absolute atomic E-state index is 13.3. The lowest BCUT2D eigenvalue weighted by atomic mass is 10.0. The molecular weight excluding hydrogens is 414 g/mol. The minimum Gasteiger partial charge on any atom is -0.379 e. The molecule has 3 rings (SSSR count). The Morgan fingerprint density at radius 3 is 2.26 bits per heavy atom. The van der Waals surface area contributed by atoms with Gasteiger partial charge >= 0.3 is 0 Å². The molecule has 1 heterocycles. The molecule has 27 heavy (non-hydrogen) atoms. The van der Waals surface area contributed by atoms with Crippen molar-refractivity contribution in [2.24, 2.45) is 0 Å². The number of hydrogen-bond donors (Lipinski definition) is 1. The predicted molar refractivity (Wildman–Crippen MR) is 103 cm³/mol. The largest absolute Gasteiger partial charge is 0.379 e. The molecule has 0 saturated carbocycles. The molecule has 0 aliphatic carbocycles. The number of ether oxygens (including phenoxy) is 1. The average Bonchev–Trinajstić information content (AvgIpc) is 2.63. The maximum atomic E-state index is 13.3. The first-order valence-corrected chi connectivity index (χ1v) is 10.6. The van der Waals surface area contributed by atoms with Crippen LogP contribution in [-0.2, 0) is 14.8 Å². The van der Waals surface area contributed by atoms with Crippen LogP contribution < -0.4 is 4.72 Å². The molecule has 2 aromatic carbocycles. The zero-order valence-electron chi connectivity index (χ0n) is 14.4. The molecule has 1 unspecified atom stereocenters. The molecule has 0 bridgehead atoms. The van der Waals surface area contributed by atoms with Gasteiger partial charge in [0.25, 0.3) is 0 Å². The standard InChI is InChI=1S/C18H19Cl2FN2O3S/c19-14-9-15(20)11-17(10-14)27(24,25)22-12-18(23-5-7-26-8-6-23)13-1-3-16(21)4-2-13/h1-4,9-11,18,22H,5-8,12H2. The molecule has 5 nitrogen and oxygen atoms in total.